The first-order valence-electron chi connectivity index (χ1n) is 29.0. The summed E-state index contributed by atoms with van der Waals surface area (Å²) in [5.41, 5.74) is 8.15. The number of aliphatic carboxylic acids is 7. The summed E-state index contributed by atoms with van der Waals surface area (Å²) in [5.74, 6) is -8.78. The summed E-state index contributed by atoms with van der Waals surface area (Å²) >= 11 is 6.44. The topological polar surface area (TPSA) is 505 Å². The smallest absolute Gasteiger partial charge is 0.326 e. The van der Waals surface area contributed by atoms with Crippen LogP contribution < -0.4 is 37.6 Å². The van der Waals surface area contributed by atoms with Gasteiger partial charge in [0.2, 0.25) is 0 Å². The fourth-order valence-electron chi connectivity index (χ4n) is 8.19. The van der Waals surface area contributed by atoms with Crippen molar-refractivity contribution in [2.45, 2.75) is 138 Å². The van der Waals surface area contributed by atoms with Crippen LogP contribution in [-0.2, 0) is 131 Å². The molecule has 36 heteroatoms. The Balaban J connectivity index is -0.00000143. The molecule has 2 aromatic carbocycles. The van der Waals surface area contributed by atoms with Crippen molar-refractivity contribution in [3.8, 4) is 5.40 Å². The largest absolute Gasteiger partial charge is 0.662 e. The van der Waals surface area contributed by atoms with Gasteiger partial charge in [0.05, 0.1) is 0 Å². The first-order valence-corrected chi connectivity index (χ1v) is 30.2. The number of nitriles is 1. The molecule has 6 atom stereocenters. The van der Waals surface area contributed by atoms with E-state index in [1.807, 2.05) is 71.1 Å². The average Bonchev–Trinajstić information content (AvgIpc) is 3.05. The second kappa shape index (κ2) is 57.0. The molecule has 2 aromatic rings. The van der Waals surface area contributed by atoms with Crippen LogP contribution in [0.2, 0.25) is 0 Å². The Kier molecular flexibility index (Phi) is 55.8. The van der Waals surface area contributed by atoms with Crippen molar-refractivity contribution >= 4 is 102 Å². The number of carbonyl (C=O) groups excluding carboxylic acids is 4. The van der Waals surface area contributed by atoms with Crippen molar-refractivity contribution in [3.63, 3.8) is 0 Å². The second-order valence-electron chi connectivity index (χ2n) is 19.8. The summed E-state index contributed by atoms with van der Waals surface area (Å²) in [6.07, 6.45) is 3.45. The molecule has 0 spiro atoms. The number of carbonyl (C=O) groups is 11. The average molecular weight is 1510 g/mol. The van der Waals surface area contributed by atoms with Crippen molar-refractivity contribution in [2.24, 2.45) is 5.73 Å². The number of nitrogens with two attached hydrogens (primary N) is 1. The third kappa shape index (κ3) is 46.0. The molecule has 0 heterocycles. The van der Waals surface area contributed by atoms with E-state index in [0.717, 1.165) is 65.9 Å². The number of rotatable bonds is 48. The van der Waals surface area contributed by atoms with Gasteiger partial charge in [0.15, 0.2) is 5.11 Å². The number of ether oxygens (including phenoxy) is 2. The number of anilines is 1. The summed E-state index contributed by atoms with van der Waals surface area (Å²) in [6, 6.07) is 8.17. The van der Waals surface area contributed by atoms with Gasteiger partial charge in [-0.25, -0.2) is 28.8 Å². The maximum Gasteiger partial charge on any atom is 0.326 e. The molecule has 0 saturated heterocycles. The summed E-state index contributed by atoms with van der Waals surface area (Å²) < 4.78 is 9.94. The van der Waals surface area contributed by atoms with Crippen LogP contribution in [0.25, 0.3) is 10.6 Å². The molecule has 15 N–H and O–H groups in total. The van der Waals surface area contributed by atoms with Crippen LogP contribution in [-0.4, -0.2) is 220 Å². The summed E-state index contributed by atoms with van der Waals surface area (Å²) in [6.45, 7) is 14.9. The first kappa shape index (κ1) is 91.9. The van der Waals surface area contributed by atoms with Gasteiger partial charge in [-0.2, -0.15) is 24.6 Å². The molecule has 0 aliphatic heterocycles. The van der Waals surface area contributed by atoms with Gasteiger partial charge >= 0.3 is 47.9 Å². The van der Waals surface area contributed by atoms with Crippen molar-refractivity contribution in [3.05, 3.63) is 84.1 Å². The van der Waals surface area contributed by atoms with Crippen LogP contribution >= 0.6 is 24.0 Å². The molecule has 0 saturated carbocycles. The molecular formula is C58H86N12O20S2Y2-4. The van der Waals surface area contributed by atoms with Gasteiger partial charge in [-0.15, -0.1) is 13.1 Å². The molecule has 2 radical (unpaired) electrons. The Morgan fingerprint density at radius 1 is 0.628 bits per heavy atom. The Labute approximate surface area is 606 Å². The van der Waals surface area contributed by atoms with Gasteiger partial charge in [0, 0.05) is 95.4 Å². The molecule has 94 heavy (non-hydrogen) atoms. The molecule has 0 aliphatic rings. The maximum absolute atomic E-state index is 12.1. The van der Waals surface area contributed by atoms with Crippen molar-refractivity contribution in [1.82, 2.24) is 36.4 Å². The van der Waals surface area contributed by atoms with Gasteiger partial charge < -0.3 is 107 Å². The van der Waals surface area contributed by atoms with Gasteiger partial charge in [0.1, 0.15) is 43.0 Å². The molecular weight excluding hydrogens is 1430 g/mol. The van der Waals surface area contributed by atoms with Gasteiger partial charge in [-0.1, -0.05) is 44.0 Å². The fraction of sp³-hybridized carbons (Fsp3) is 0.534. The minimum absolute atomic E-state index is 0. The summed E-state index contributed by atoms with van der Waals surface area (Å²) in [4.78, 5) is 126. The molecule has 0 aromatic heterocycles. The maximum atomic E-state index is 12.1. The SMILES string of the molecule is NCCCC(NC(=O)NC(CCC(=O)O)C(=O)O)C(=O)O.[CH2-]CC(Cc1ccc(NC(=S)NCCCC(NC(=O)NC(CCC(=O)O)C(=O)O)C(=O)O)cc1)N(CCC[N-]CC)COC=O.[CH2-]CC(Cc1ccc(SC#N)cc1)N(CCC[N-]CC(=O)O)COC=O.[Y].[Y]. The van der Waals surface area contributed by atoms with E-state index in [4.69, 9.17) is 63.3 Å². The third-order valence-corrected chi connectivity index (χ3v) is 13.8. The number of thiocarbonyl (C=S) groups is 1. The van der Waals surface area contributed by atoms with Crippen LogP contribution in [0.3, 0.4) is 0 Å². The van der Waals surface area contributed by atoms with E-state index < -0.39 is 90.9 Å². The monoisotopic (exact) mass is 1510 g/mol. The Morgan fingerprint density at radius 2 is 1.03 bits per heavy atom. The molecule has 6 unspecified atom stereocenters. The number of hydrogen-bond donors (Lipinski definition) is 14. The van der Waals surface area contributed by atoms with E-state index in [1.54, 1.807) is 0 Å². The molecule has 2 rings (SSSR count). The quantitative estimate of drug-likeness (QED) is 0.00855. The van der Waals surface area contributed by atoms with E-state index in [2.05, 4.69) is 56.0 Å². The predicted molar refractivity (Wildman–Crippen MR) is 340 cm³/mol. The van der Waals surface area contributed by atoms with E-state index >= 15 is 0 Å². The standard InChI is InChI=1S/C29H44N6O9S.C18H23N3O4S.C11H19N3O7.2Y/c1-3-22(35(18-44-19-36)16-6-14-30-4-2)17-20-8-10-21(11-9-20)32-29(45)31-15-5-7-23(26(39)40)33-28(43)34-24(27(41)42)12-13-25(37)38;1-2-16(10-15-4-6-17(7-5-15)26-12-19)21(13-25-14-22)9-3-8-20-11-18(23)24;12-5-1-2-6(9(17)18)13-11(21)14-7(10(19)20)3-4-8(15)16;;/h8-11,19,22-24H,1,3-7,12-18H2,2H3,(H,37,38)(H,39,40)(H,41,42)(H2,31,32,45)(H2,33,34,43);4-7,14,16H,1-3,8-11,13H2,(H,23,24);6-7H,1-5,12H2,(H,15,16)(H,17,18)(H,19,20)(H2,13,14,21);;/q2*-2;;;. The zero-order valence-corrected chi connectivity index (χ0v) is 59.7. The second-order valence-corrected chi connectivity index (χ2v) is 21.1. The summed E-state index contributed by atoms with van der Waals surface area (Å²) in [7, 11) is 0. The number of nitrogens with one attached hydrogen (secondary N) is 6. The predicted octanol–water partition coefficient (Wildman–Crippen LogP) is 3.64. The number of carboxylic acids is 7. The molecule has 0 bridgehead atoms. The summed E-state index contributed by atoms with van der Waals surface area (Å²) in [5, 5.41) is 95.9. The van der Waals surface area contributed by atoms with E-state index in [-0.39, 0.29) is 130 Å². The molecule has 0 aliphatic carbocycles. The first-order chi connectivity index (χ1) is 43.9. The Morgan fingerprint density at radius 3 is 1.39 bits per heavy atom. The number of thiocyanates is 1. The zero-order chi connectivity index (χ0) is 69.2. The van der Waals surface area contributed by atoms with Crippen molar-refractivity contribution < 1.29 is 163 Å². The fourth-order valence-corrected chi connectivity index (χ4v) is 8.79. The number of benzene rings is 2. The molecule has 32 nitrogen and oxygen atoms in total. The number of hydrogen-bond acceptors (Lipinski definition) is 19. The molecule has 520 valence electrons. The Bertz CT molecular complexity index is 2620. The van der Waals surface area contributed by atoms with Gasteiger partial charge in [0.25, 0.3) is 18.9 Å². The van der Waals surface area contributed by atoms with Crippen LogP contribution in [0, 0.1) is 24.5 Å². The number of nitrogens with zero attached hydrogens (tertiary/aromatic N) is 5. The van der Waals surface area contributed by atoms with Crippen molar-refractivity contribution in [1.29, 1.82) is 5.26 Å². The Hall–Kier alpha value is -6.25. The van der Waals surface area contributed by atoms with Crippen LogP contribution in [0.15, 0.2) is 53.4 Å². The van der Waals surface area contributed by atoms with E-state index in [0.29, 0.717) is 76.2 Å². The third-order valence-electron chi connectivity index (χ3n) is 12.9. The van der Waals surface area contributed by atoms with E-state index in [9.17, 15) is 57.8 Å². The van der Waals surface area contributed by atoms with Gasteiger partial charge in [-0.05, 0) is 149 Å². The minimum atomic E-state index is -1.48. The van der Waals surface area contributed by atoms with Crippen LogP contribution in [0.5, 0.6) is 0 Å². The molecule has 0 fully saturated rings. The normalized spacial score (nSPS) is 12.3. The van der Waals surface area contributed by atoms with E-state index in [1.165, 1.54) is 0 Å². The number of thioether (sulfide) groups is 1. The van der Waals surface area contributed by atoms with Gasteiger partial charge in [-0.3, -0.25) is 33.8 Å². The number of urea groups is 2. The number of amides is 4. The molecule has 4 amide bonds. The van der Waals surface area contributed by atoms with Crippen molar-refractivity contribution in [2.75, 3.05) is 71.1 Å². The van der Waals surface area contributed by atoms with Crippen LogP contribution in [0.4, 0.5) is 15.3 Å². The zero-order valence-electron chi connectivity index (χ0n) is 52.3. The number of carboxylic acid groups (broad SMARTS) is 7. The van der Waals surface area contributed by atoms with Crippen LogP contribution in [0.1, 0.15) is 95.1 Å². The minimum Gasteiger partial charge on any atom is -0.662 e.